The van der Waals surface area contributed by atoms with E-state index in [9.17, 15) is 9.90 Å². The minimum atomic E-state index is -0.499. The third-order valence-corrected chi connectivity index (χ3v) is 3.52. The summed E-state index contributed by atoms with van der Waals surface area (Å²) in [4.78, 5) is 11.5. The molecule has 15 heavy (non-hydrogen) atoms. The van der Waals surface area contributed by atoms with Crippen molar-refractivity contribution in [1.82, 2.24) is 4.37 Å². The largest absolute Gasteiger partial charge is 0.502 e. The lowest BCUT2D eigenvalue weighted by atomic mass is 10.2. The summed E-state index contributed by atoms with van der Waals surface area (Å²) < 4.78 is 2.43. The van der Waals surface area contributed by atoms with Crippen LogP contribution in [0.2, 0.25) is 10.0 Å². The zero-order valence-electron chi connectivity index (χ0n) is 7.25. The fourth-order valence-electron chi connectivity index (χ4n) is 1.13. The maximum absolute atomic E-state index is 11.0. The lowest BCUT2D eigenvalue weighted by Gasteiger charge is -1.99. The lowest BCUT2D eigenvalue weighted by molar-refractivity contribution is 0.473. The van der Waals surface area contributed by atoms with Crippen LogP contribution in [-0.4, -0.2) is 9.48 Å². The molecule has 0 aliphatic heterocycles. The van der Waals surface area contributed by atoms with E-state index < -0.39 is 5.56 Å². The molecule has 6 heteroatoms. The van der Waals surface area contributed by atoms with Crippen molar-refractivity contribution in [1.29, 1.82) is 0 Å². The maximum atomic E-state index is 11.0. The molecule has 1 heterocycles. The third-order valence-electron chi connectivity index (χ3n) is 1.86. The second-order valence-corrected chi connectivity index (χ2v) is 4.47. The van der Waals surface area contributed by atoms with E-state index in [2.05, 4.69) is 4.37 Å². The molecule has 0 unspecified atom stereocenters. The van der Waals surface area contributed by atoms with Crippen LogP contribution in [0.1, 0.15) is 0 Å². The quantitative estimate of drug-likeness (QED) is 0.829. The lowest BCUT2D eigenvalue weighted by Crippen LogP contribution is -1.94. The highest BCUT2D eigenvalue weighted by Crippen LogP contribution is 2.33. The molecule has 0 amide bonds. The molecule has 0 bridgehead atoms. The summed E-state index contributed by atoms with van der Waals surface area (Å²) in [6, 6.07) is 4.90. The van der Waals surface area contributed by atoms with E-state index in [4.69, 9.17) is 23.2 Å². The van der Waals surface area contributed by atoms with Gasteiger partial charge >= 0.3 is 5.56 Å². The van der Waals surface area contributed by atoms with Gasteiger partial charge in [0.2, 0.25) is 5.75 Å². The first kappa shape index (κ1) is 10.5. The first-order chi connectivity index (χ1) is 7.09. The number of halogens is 2. The molecule has 1 aromatic carbocycles. The van der Waals surface area contributed by atoms with Gasteiger partial charge in [0.1, 0.15) is 0 Å². The molecule has 0 fully saturated rings. The number of hydrogen-bond donors (Lipinski definition) is 2. The Balaban J connectivity index is 2.59. The van der Waals surface area contributed by atoms with Gasteiger partial charge in [0.15, 0.2) is 0 Å². The highest BCUT2D eigenvalue weighted by molar-refractivity contribution is 7.10. The molecule has 2 aromatic rings. The zero-order valence-corrected chi connectivity index (χ0v) is 9.58. The molecule has 0 spiro atoms. The summed E-state index contributed by atoms with van der Waals surface area (Å²) in [5, 5.41) is 10.3. The van der Waals surface area contributed by atoms with Crippen molar-refractivity contribution in [3.63, 3.8) is 0 Å². The van der Waals surface area contributed by atoms with Gasteiger partial charge in [-0.05, 0) is 17.7 Å². The van der Waals surface area contributed by atoms with Gasteiger partial charge in [0.05, 0.1) is 14.9 Å². The molecule has 1 aromatic heterocycles. The first-order valence-electron chi connectivity index (χ1n) is 3.95. The Labute approximate surface area is 99.1 Å². The standard InChI is InChI=1S/C9H5Cl2NO2S/c10-5-2-1-4(3-6(5)11)8-7(13)9(14)12-15-8/h1-3,13H,(H,12,14). The molecule has 0 atom stereocenters. The molecular weight excluding hydrogens is 257 g/mol. The number of H-pyrrole nitrogens is 1. The summed E-state index contributed by atoms with van der Waals surface area (Å²) in [5.74, 6) is -0.293. The Morgan fingerprint density at radius 3 is 2.53 bits per heavy atom. The van der Waals surface area contributed by atoms with Crippen LogP contribution < -0.4 is 5.56 Å². The van der Waals surface area contributed by atoms with Gasteiger partial charge in [-0.25, -0.2) is 0 Å². The number of rotatable bonds is 1. The molecule has 0 aliphatic rings. The minimum Gasteiger partial charge on any atom is -0.502 e. The summed E-state index contributed by atoms with van der Waals surface area (Å²) >= 11 is 12.6. The minimum absolute atomic E-state index is 0.293. The second kappa shape index (κ2) is 3.89. The summed E-state index contributed by atoms with van der Waals surface area (Å²) in [6.07, 6.45) is 0. The monoisotopic (exact) mass is 261 g/mol. The van der Waals surface area contributed by atoms with Crippen LogP contribution in [0.15, 0.2) is 23.0 Å². The van der Waals surface area contributed by atoms with Crippen molar-refractivity contribution in [2.75, 3.05) is 0 Å². The number of nitrogens with one attached hydrogen (secondary N) is 1. The van der Waals surface area contributed by atoms with Gasteiger partial charge in [-0.2, -0.15) is 0 Å². The van der Waals surface area contributed by atoms with Crippen LogP contribution in [0.3, 0.4) is 0 Å². The average molecular weight is 262 g/mol. The molecule has 2 N–H and O–H groups in total. The second-order valence-electron chi connectivity index (χ2n) is 2.84. The summed E-state index contributed by atoms with van der Waals surface area (Å²) in [6.45, 7) is 0. The topological polar surface area (TPSA) is 53.1 Å². The van der Waals surface area contributed by atoms with Crippen LogP contribution in [0.25, 0.3) is 10.4 Å². The first-order valence-corrected chi connectivity index (χ1v) is 5.52. The predicted molar refractivity (Wildman–Crippen MR) is 62.1 cm³/mol. The number of aromatic amines is 1. The van der Waals surface area contributed by atoms with Crippen LogP contribution in [0, 0.1) is 0 Å². The number of hydrogen-bond acceptors (Lipinski definition) is 3. The molecule has 0 aliphatic carbocycles. The van der Waals surface area contributed by atoms with E-state index in [1.165, 1.54) is 0 Å². The molecule has 2 rings (SSSR count). The summed E-state index contributed by atoms with van der Waals surface area (Å²) in [7, 11) is 0. The van der Waals surface area contributed by atoms with Gasteiger partial charge < -0.3 is 5.11 Å². The predicted octanol–water partition coefficient (Wildman–Crippen LogP) is 3.12. The molecule has 0 saturated carbocycles. The fraction of sp³-hybridized carbons (Fsp3) is 0. The third kappa shape index (κ3) is 1.88. The average Bonchev–Trinajstić information content (AvgIpc) is 2.53. The van der Waals surface area contributed by atoms with Crippen molar-refractivity contribution < 1.29 is 5.11 Å². The Hall–Kier alpha value is -0.970. The van der Waals surface area contributed by atoms with Crippen molar-refractivity contribution in [2.24, 2.45) is 0 Å². The van der Waals surface area contributed by atoms with Gasteiger partial charge in [0, 0.05) is 0 Å². The van der Waals surface area contributed by atoms with Crippen LogP contribution >= 0.6 is 34.7 Å². The van der Waals surface area contributed by atoms with Crippen LogP contribution in [0.4, 0.5) is 0 Å². The number of aromatic nitrogens is 1. The van der Waals surface area contributed by atoms with E-state index in [1.54, 1.807) is 18.2 Å². The Morgan fingerprint density at radius 2 is 2.00 bits per heavy atom. The highest BCUT2D eigenvalue weighted by Gasteiger charge is 2.11. The normalized spacial score (nSPS) is 10.5. The van der Waals surface area contributed by atoms with Crippen LogP contribution in [0.5, 0.6) is 5.75 Å². The Bertz CT molecular complexity index is 561. The SMILES string of the molecule is O=c1[nH]sc(-c2ccc(Cl)c(Cl)c2)c1O. The van der Waals surface area contributed by atoms with Crippen molar-refractivity contribution in [3.8, 4) is 16.2 Å². The Kier molecular flexibility index (Phi) is 2.73. The molecule has 78 valence electrons. The van der Waals surface area contributed by atoms with E-state index in [0.717, 1.165) is 11.5 Å². The number of benzene rings is 1. The molecule has 0 saturated heterocycles. The van der Waals surface area contributed by atoms with Gasteiger partial charge in [-0.15, -0.1) is 0 Å². The molecular formula is C9H5Cl2NO2S. The van der Waals surface area contributed by atoms with E-state index in [-0.39, 0.29) is 5.75 Å². The number of aromatic hydroxyl groups is 1. The Morgan fingerprint density at radius 1 is 1.27 bits per heavy atom. The van der Waals surface area contributed by atoms with Crippen molar-refractivity contribution in [3.05, 3.63) is 38.6 Å². The van der Waals surface area contributed by atoms with E-state index in [0.29, 0.717) is 20.5 Å². The summed E-state index contributed by atoms with van der Waals surface area (Å²) in [5.41, 5.74) is 0.159. The van der Waals surface area contributed by atoms with Crippen LogP contribution in [-0.2, 0) is 0 Å². The smallest absolute Gasteiger partial charge is 0.300 e. The molecule has 3 nitrogen and oxygen atoms in total. The van der Waals surface area contributed by atoms with Crippen molar-refractivity contribution >= 4 is 34.7 Å². The fourth-order valence-corrected chi connectivity index (χ4v) is 2.15. The van der Waals surface area contributed by atoms with E-state index in [1.807, 2.05) is 0 Å². The van der Waals surface area contributed by atoms with E-state index >= 15 is 0 Å². The molecule has 0 radical (unpaired) electrons. The van der Waals surface area contributed by atoms with Crippen molar-refractivity contribution in [2.45, 2.75) is 0 Å². The van der Waals surface area contributed by atoms with Gasteiger partial charge in [-0.1, -0.05) is 40.8 Å². The maximum Gasteiger partial charge on any atom is 0.300 e. The van der Waals surface area contributed by atoms with Gasteiger partial charge in [0.25, 0.3) is 0 Å². The highest BCUT2D eigenvalue weighted by atomic mass is 35.5. The zero-order chi connectivity index (χ0) is 11.0. The van der Waals surface area contributed by atoms with Gasteiger partial charge in [-0.3, -0.25) is 9.17 Å².